The van der Waals surface area contributed by atoms with Gasteiger partial charge in [0.25, 0.3) is 0 Å². The number of hydrogen-bond donors (Lipinski definition) is 2. The van der Waals surface area contributed by atoms with Crippen molar-refractivity contribution in [3.63, 3.8) is 0 Å². The van der Waals surface area contributed by atoms with Crippen LogP contribution in [0.4, 0.5) is 0 Å². The molecular weight excluding hydrogens is 348 g/mol. The Morgan fingerprint density at radius 1 is 1.07 bits per heavy atom. The van der Waals surface area contributed by atoms with Gasteiger partial charge in [0.15, 0.2) is 0 Å². The smallest absolute Gasteiger partial charge is 0.0956 e. The Labute approximate surface area is 167 Å². The van der Waals surface area contributed by atoms with Gasteiger partial charge in [0, 0.05) is 18.3 Å². The van der Waals surface area contributed by atoms with E-state index in [1.165, 1.54) is 5.56 Å². The molecule has 0 radical (unpaired) electrons. The first kappa shape index (κ1) is 20.3. The fourth-order valence-electron chi connectivity index (χ4n) is 3.26. The van der Waals surface area contributed by atoms with Crippen molar-refractivity contribution in [2.24, 2.45) is 0 Å². The van der Waals surface area contributed by atoms with Gasteiger partial charge < -0.3 is 15.3 Å². The van der Waals surface area contributed by atoms with Crippen LogP contribution in [-0.2, 0) is 13.2 Å². The van der Waals surface area contributed by atoms with E-state index in [2.05, 4.69) is 55.5 Å². The van der Waals surface area contributed by atoms with Crippen LogP contribution in [0.25, 0.3) is 16.9 Å². The van der Waals surface area contributed by atoms with Gasteiger partial charge in [-0.3, -0.25) is 0 Å². The molecule has 5 heteroatoms. The van der Waals surface area contributed by atoms with E-state index in [9.17, 15) is 5.11 Å². The Morgan fingerprint density at radius 3 is 2.64 bits per heavy atom. The van der Waals surface area contributed by atoms with E-state index in [4.69, 9.17) is 5.10 Å². The van der Waals surface area contributed by atoms with Crippen molar-refractivity contribution in [3.05, 3.63) is 71.4 Å². The predicted octanol–water partition coefficient (Wildman–Crippen LogP) is 3.38. The molecule has 5 nitrogen and oxygen atoms in total. The monoisotopic (exact) mass is 378 g/mol. The highest BCUT2D eigenvalue weighted by Gasteiger charge is 2.10. The average molecular weight is 379 g/mol. The highest BCUT2D eigenvalue weighted by atomic mass is 16.3. The predicted molar refractivity (Wildman–Crippen MR) is 115 cm³/mol. The van der Waals surface area contributed by atoms with Gasteiger partial charge in [0.2, 0.25) is 0 Å². The van der Waals surface area contributed by atoms with E-state index >= 15 is 0 Å². The number of hydrogen-bond acceptors (Lipinski definition) is 4. The number of aliphatic hydroxyl groups is 1. The molecule has 0 amide bonds. The van der Waals surface area contributed by atoms with E-state index < -0.39 is 0 Å². The van der Waals surface area contributed by atoms with Gasteiger partial charge in [-0.25, -0.2) is 4.68 Å². The van der Waals surface area contributed by atoms with E-state index in [0.29, 0.717) is 0 Å². The third-order valence-corrected chi connectivity index (χ3v) is 4.74. The largest absolute Gasteiger partial charge is 0.392 e. The summed E-state index contributed by atoms with van der Waals surface area (Å²) in [6, 6.07) is 16.4. The summed E-state index contributed by atoms with van der Waals surface area (Å²) < 4.78 is 1.88. The fourth-order valence-corrected chi connectivity index (χ4v) is 3.26. The minimum Gasteiger partial charge on any atom is -0.392 e. The summed E-state index contributed by atoms with van der Waals surface area (Å²) in [5.74, 6) is 0. The maximum atomic E-state index is 9.37. The molecule has 0 bridgehead atoms. The number of nitrogens with zero attached hydrogens (tertiary/aromatic N) is 3. The molecule has 148 valence electrons. The number of aromatic nitrogens is 2. The molecule has 0 aliphatic rings. The fraction of sp³-hybridized carbons (Fsp3) is 0.348. The first-order valence-electron chi connectivity index (χ1n) is 9.78. The summed E-state index contributed by atoms with van der Waals surface area (Å²) in [6.07, 6.45) is 3.18. The lowest BCUT2D eigenvalue weighted by atomic mass is 10.1. The van der Waals surface area contributed by atoms with Gasteiger partial charge >= 0.3 is 0 Å². The topological polar surface area (TPSA) is 53.3 Å². The first-order valence-corrected chi connectivity index (χ1v) is 9.78. The lowest BCUT2D eigenvalue weighted by molar-refractivity contribution is 0.282. The second-order valence-corrected chi connectivity index (χ2v) is 7.47. The molecule has 1 aromatic heterocycles. The standard InChI is InChI=1S/C23H30N4O/c1-18-16-27(22-10-5-8-20(14-22)17-28)25-23(18)21-9-4-7-19(13-21)15-24-11-6-12-26(2)3/h4-5,7-10,13-14,16,24,28H,6,11-12,15,17H2,1-3H3. The van der Waals surface area contributed by atoms with Crippen LogP contribution in [0.3, 0.4) is 0 Å². The molecule has 3 aromatic rings. The zero-order valence-electron chi connectivity index (χ0n) is 17.0. The molecule has 0 fully saturated rings. The number of nitrogens with one attached hydrogen (secondary N) is 1. The first-order chi connectivity index (χ1) is 13.6. The van der Waals surface area contributed by atoms with Crippen molar-refractivity contribution in [3.8, 4) is 16.9 Å². The Hall–Kier alpha value is -2.47. The molecular formula is C23H30N4O. The number of aliphatic hydroxyl groups excluding tert-OH is 1. The van der Waals surface area contributed by atoms with Gasteiger partial charge in [-0.1, -0.05) is 30.3 Å². The summed E-state index contributed by atoms with van der Waals surface area (Å²) in [4.78, 5) is 2.21. The SMILES string of the molecule is Cc1cn(-c2cccc(CO)c2)nc1-c1cccc(CNCCCN(C)C)c1. The van der Waals surface area contributed by atoms with Crippen molar-refractivity contribution >= 4 is 0 Å². The summed E-state index contributed by atoms with van der Waals surface area (Å²) in [5.41, 5.74) is 6.35. The van der Waals surface area contributed by atoms with Gasteiger partial charge in [-0.05, 0) is 75.4 Å². The van der Waals surface area contributed by atoms with Crippen molar-refractivity contribution in [1.29, 1.82) is 0 Å². The van der Waals surface area contributed by atoms with Crippen LogP contribution < -0.4 is 5.32 Å². The van der Waals surface area contributed by atoms with E-state index in [0.717, 1.165) is 54.1 Å². The zero-order valence-corrected chi connectivity index (χ0v) is 17.0. The molecule has 1 heterocycles. The molecule has 2 aromatic carbocycles. The second-order valence-electron chi connectivity index (χ2n) is 7.47. The minimum absolute atomic E-state index is 0.0323. The minimum atomic E-state index is 0.0323. The van der Waals surface area contributed by atoms with Crippen molar-refractivity contribution < 1.29 is 5.11 Å². The van der Waals surface area contributed by atoms with Crippen LogP contribution in [0.5, 0.6) is 0 Å². The van der Waals surface area contributed by atoms with Crippen LogP contribution in [0, 0.1) is 6.92 Å². The Morgan fingerprint density at radius 2 is 1.86 bits per heavy atom. The zero-order chi connectivity index (χ0) is 19.9. The molecule has 0 saturated heterocycles. The number of aryl methyl sites for hydroxylation is 1. The van der Waals surface area contributed by atoms with Gasteiger partial charge in [-0.15, -0.1) is 0 Å². The van der Waals surface area contributed by atoms with Gasteiger partial charge in [0.05, 0.1) is 18.0 Å². The van der Waals surface area contributed by atoms with E-state index in [-0.39, 0.29) is 6.61 Å². The summed E-state index contributed by atoms with van der Waals surface area (Å²) in [7, 11) is 4.20. The lowest BCUT2D eigenvalue weighted by Gasteiger charge is -2.10. The van der Waals surface area contributed by atoms with E-state index in [1.54, 1.807) is 0 Å². The van der Waals surface area contributed by atoms with Crippen LogP contribution in [-0.4, -0.2) is 47.0 Å². The van der Waals surface area contributed by atoms with Gasteiger partial charge in [-0.2, -0.15) is 5.10 Å². The molecule has 3 rings (SSSR count). The Kier molecular flexibility index (Phi) is 6.98. The molecule has 2 N–H and O–H groups in total. The summed E-state index contributed by atoms with van der Waals surface area (Å²) in [6.45, 7) is 5.09. The van der Waals surface area contributed by atoms with E-state index in [1.807, 2.05) is 35.1 Å². The quantitative estimate of drug-likeness (QED) is 0.561. The molecule has 0 unspecified atom stereocenters. The third kappa shape index (κ3) is 5.29. The lowest BCUT2D eigenvalue weighted by Crippen LogP contribution is -2.20. The van der Waals surface area contributed by atoms with Crippen molar-refractivity contribution in [1.82, 2.24) is 20.0 Å². The summed E-state index contributed by atoms with van der Waals surface area (Å²) in [5, 5.41) is 17.7. The van der Waals surface area contributed by atoms with Crippen LogP contribution in [0.2, 0.25) is 0 Å². The van der Waals surface area contributed by atoms with Crippen LogP contribution >= 0.6 is 0 Å². The third-order valence-electron chi connectivity index (χ3n) is 4.74. The van der Waals surface area contributed by atoms with Crippen molar-refractivity contribution in [2.45, 2.75) is 26.5 Å². The molecule has 0 aliphatic carbocycles. The van der Waals surface area contributed by atoms with Crippen LogP contribution in [0.15, 0.2) is 54.7 Å². The molecule has 28 heavy (non-hydrogen) atoms. The van der Waals surface area contributed by atoms with Crippen molar-refractivity contribution in [2.75, 3.05) is 27.2 Å². The Balaban J connectivity index is 1.72. The average Bonchev–Trinajstić information content (AvgIpc) is 3.09. The highest BCUT2D eigenvalue weighted by molar-refractivity contribution is 5.63. The van der Waals surface area contributed by atoms with Gasteiger partial charge in [0.1, 0.15) is 0 Å². The molecule has 0 saturated carbocycles. The Bertz CT molecular complexity index is 901. The molecule has 0 aliphatic heterocycles. The highest BCUT2D eigenvalue weighted by Crippen LogP contribution is 2.24. The number of benzene rings is 2. The second kappa shape index (κ2) is 9.64. The normalized spacial score (nSPS) is 11.3. The van der Waals surface area contributed by atoms with Crippen LogP contribution in [0.1, 0.15) is 23.1 Å². The molecule has 0 spiro atoms. The molecule has 0 atom stereocenters. The number of rotatable bonds is 9. The summed E-state index contributed by atoms with van der Waals surface area (Å²) >= 11 is 0. The maximum Gasteiger partial charge on any atom is 0.0956 e. The maximum absolute atomic E-state index is 9.37.